The van der Waals surface area contributed by atoms with Gasteiger partial charge in [-0.2, -0.15) is 0 Å². The third kappa shape index (κ3) is 1.37. The van der Waals surface area contributed by atoms with Gasteiger partial charge < -0.3 is 4.42 Å². The molecule has 2 aliphatic rings. The van der Waals surface area contributed by atoms with E-state index in [4.69, 9.17) is 4.42 Å². The highest BCUT2D eigenvalue weighted by atomic mass is 16.3. The molecule has 0 fully saturated rings. The molecule has 0 aliphatic carbocycles. The molecule has 0 atom stereocenters. The second-order valence-electron chi connectivity index (χ2n) is 4.42. The van der Waals surface area contributed by atoms with Crippen LogP contribution in [-0.2, 0) is 6.42 Å². The average Bonchev–Trinajstić information content (AvgIpc) is 2.67. The van der Waals surface area contributed by atoms with E-state index in [0.717, 1.165) is 23.6 Å². The van der Waals surface area contributed by atoms with Gasteiger partial charge in [0.15, 0.2) is 0 Å². The van der Waals surface area contributed by atoms with Gasteiger partial charge in [0.25, 0.3) is 0 Å². The van der Waals surface area contributed by atoms with Crippen molar-refractivity contribution in [1.82, 2.24) is 4.98 Å². The molecular formula is C15H15NO. The Bertz CT molecular complexity index is 666. The maximum Gasteiger partial charge on any atom is 0.227 e. The minimum atomic E-state index is 0.762. The van der Waals surface area contributed by atoms with Crippen molar-refractivity contribution in [2.75, 3.05) is 0 Å². The van der Waals surface area contributed by atoms with Crippen molar-refractivity contribution in [3.8, 4) is 11.5 Å². The summed E-state index contributed by atoms with van der Waals surface area (Å²) in [6.45, 7) is 6.34. The van der Waals surface area contributed by atoms with Crippen molar-refractivity contribution in [2.45, 2.75) is 27.2 Å². The van der Waals surface area contributed by atoms with Crippen LogP contribution in [-0.4, -0.2) is 4.98 Å². The van der Waals surface area contributed by atoms with E-state index in [9.17, 15) is 0 Å². The highest BCUT2D eigenvalue weighted by Gasteiger charge is 2.20. The topological polar surface area (TPSA) is 26.0 Å². The fourth-order valence-electron chi connectivity index (χ4n) is 2.63. The summed E-state index contributed by atoms with van der Waals surface area (Å²) in [6, 6.07) is 8.21. The molecule has 0 radical (unpaired) electrons. The van der Waals surface area contributed by atoms with E-state index in [1.54, 1.807) is 0 Å². The first-order valence-electron chi connectivity index (χ1n) is 5.99. The standard InChI is InChI=1S/C15H15NO/c1-4-11-9(2)14-12-7-5-6-8-13(12)16-15(14)17-10(11)3/h5-8H,4H2,1-3H3. The molecule has 0 saturated heterocycles. The van der Waals surface area contributed by atoms with Gasteiger partial charge in [0.2, 0.25) is 5.89 Å². The van der Waals surface area contributed by atoms with E-state index in [1.165, 1.54) is 22.1 Å². The molecule has 0 amide bonds. The Morgan fingerprint density at radius 3 is 2.71 bits per heavy atom. The van der Waals surface area contributed by atoms with Gasteiger partial charge in [-0.05, 0) is 37.5 Å². The van der Waals surface area contributed by atoms with Crippen LogP contribution in [0.2, 0.25) is 0 Å². The molecule has 0 N–H and O–H groups in total. The average molecular weight is 225 g/mol. The number of fused-ring (bicyclic) bond motifs is 3. The number of hydrogen-bond acceptors (Lipinski definition) is 2. The number of rotatable bonds is 1. The van der Waals surface area contributed by atoms with E-state index in [1.807, 2.05) is 25.1 Å². The molecule has 0 aromatic heterocycles. The van der Waals surface area contributed by atoms with Crippen LogP contribution in [0.15, 0.2) is 28.7 Å². The Kier molecular flexibility index (Phi) is 2.18. The van der Waals surface area contributed by atoms with Crippen LogP contribution in [0.25, 0.3) is 22.4 Å². The first kappa shape index (κ1) is 10.3. The van der Waals surface area contributed by atoms with Crippen LogP contribution in [0.3, 0.4) is 0 Å². The van der Waals surface area contributed by atoms with Crippen LogP contribution >= 0.6 is 0 Å². The molecular weight excluding hydrogens is 210 g/mol. The van der Waals surface area contributed by atoms with Crippen molar-refractivity contribution >= 4 is 10.9 Å². The van der Waals surface area contributed by atoms with Crippen LogP contribution in [0.5, 0.6) is 0 Å². The van der Waals surface area contributed by atoms with E-state index in [0.29, 0.717) is 0 Å². The number of benzene rings is 1. The molecule has 17 heavy (non-hydrogen) atoms. The molecule has 0 spiro atoms. The first-order valence-corrected chi connectivity index (χ1v) is 5.99. The van der Waals surface area contributed by atoms with Crippen LogP contribution in [0.4, 0.5) is 0 Å². The van der Waals surface area contributed by atoms with Crippen LogP contribution in [0.1, 0.15) is 23.8 Å². The second kappa shape index (κ2) is 3.59. The lowest BCUT2D eigenvalue weighted by Crippen LogP contribution is -1.95. The van der Waals surface area contributed by atoms with Crippen LogP contribution < -0.4 is 0 Å². The second-order valence-corrected chi connectivity index (χ2v) is 4.42. The lowest BCUT2D eigenvalue weighted by molar-refractivity contribution is 0.510. The zero-order valence-electron chi connectivity index (χ0n) is 10.4. The summed E-state index contributed by atoms with van der Waals surface area (Å²) in [4.78, 5) is 4.55. The summed E-state index contributed by atoms with van der Waals surface area (Å²) in [7, 11) is 0. The highest BCUT2D eigenvalue weighted by Crippen LogP contribution is 2.36. The minimum absolute atomic E-state index is 0.762. The molecule has 2 aliphatic heterocycles. The molecule has 1 aromatic rings. The number of para-hydroxylation sites is 1. The number of hydrogen-bond donors (Lipinski definition) is 0. The molecule has 0 saturated carbocycles. The Morgan fingerprint density at radius 1 is 1.18 bits per heavy atom. The Morgan fingerprint density at radius 2 is 1.94 bits per heavy atom. The van der Waals surface area contributed by atoms with E-state index < -0.39 is 0 Å². The minimum Gasteiger partial charge on any atom is -0.443 e. The summed E-state index contributed by atoms with van der Waals surface area (Å²) in [6.07, 6.45) is 0.997. The molecule has 86 valence electrons. The molecule has 3 rings (SSSR count). The highest BCUT2D eigenvalue weighted by molar-refractivity contribution is 5.97. The van der Waals surface area contributed by atoms with Crippen molar-refractivity contribution in [2.24, 2.45) is 0 Å². The Balaban J connectivity index is 2.50. The van der Waals surface area contributed by atoms with E-state index in [2.05, 4.69) is 24.9 Å². The van der Waals surface area contributed by atoms with Crippen molar-refractivity contribution < 1.29 is 4.42 Å². The molecule has 2 nitrogen and oxygen atoms in total. The van der Waals surface area contributed by atoms with Crippen molar-refractivity contribution in [1.29, 1.82) is 0 Å². The number of nitrogens with zero attached hydrogens (tertiary/aromatic N) is 1. The molecule has 2 heteroatoms. The van der Waals surface area contributed by atoms with Crippen molar-refractivity contribution in [3.05, 3.63) is 41.2 Å². The molecule has 1 aromatic carbocycles. The summed E-state index contributed by atoms with van der Waals surface area (Å²) >= 11 is 0. The fraction of sp³-hybridized carbons (Fsp3) is 0.267. The lowest BCUT2D eigenvalue weighted by Gasteiger charge is -2.11. The summed E-state index contributed by atoms with van der Waals surface area (Å²) in [5.74, 6) is 1.75. The molecule has 0 bridgehead atoms. The van der Waals surface area contributed by atoms with E-state index in [-0.39, 0.29) is 0 Å². The van der Waals surface area contributed by atoms with Gasteiger partial charge in [0, 0.05) is 10.9 Å². The van der Waals surface area contributed by atoms with Gasteiger partial charge in [0.05, 0.1) is 5.52 Å². The smallest absolute Gasteiger partial charge is 0.227 e. The largest absolute Gasteiger partial charge is 0.443 e. The number of aromatic nitrogens is 1. The molecule has 0 unspecified atom stereocenters. The zero-order chi connectivity index (χ0) is 12.0. The third-order valence-corrected chi connectivity index (χ3v) is 3.47. The normalized spacial score (nSPS) is 11.5. The summed E-state index contributed by atoms with van der Waals surface area (Å²) in [5, 5.41) is 1.19. The SMILES string of the molecule is CCc1c(C)oc2nc3ccccc3c-2c1C. The maximum absolute atomic E-state index is 5.84. The summed E-state index contributed by atoms with van der Waals surface area (Å²) in [5.41, 5.74) is 4.79. The number of aryl methyl sites for hydroxylation is 1. The van der Waals surface area contributed by atoms with Gasteiger partial charge in [-0.25, -0.2) is 4.98 Å². The third-order valence-electron chi connectivity index (χ3n) is 3.47. The Labute approximate surface area is 101 Å². The van der Waals surface area contributed by atoms with Gasteiger partial charge in [-0.15, -0.1) is 0 Å². The van der Waals surface area contributed by atoms with Gasteiger partial charge in [0.1, 0.15) is 5.76 Å². The van der Waals surface area contributed by atoms with Gasteiger partial charge in [-0.1, -0.05) is 25.1 Å². The summed E-state index contributed by atoms with van der Waals surface area (Å²) < 4.78 is 5.84. The predicted octanol–water partition coefficient (Wildman–Crippen LogP) is 4.11. The van der Waals surface area contributed by atoms with E-state index >= 15 is 0 Å². The van der Waals surface area contributed by atoms with Gasteiger partial charge >= 0.3 is 0 Å². The quantitative estimate of drug-likeness (QED) is 0.622. The first-order chi connectivity index (χ1) is 8.22. The van der Waals surface area contributed by atoms with Crippen LogP contribution in [0, 0.1) is 13.8 Å². The zero-order valence-corrected chi connectivity index (χ0v) is 10.4. The Hall–Kier alpha value is -1.83. The van der Waals surface area contributed by atoms with Gasteiger partial charge in [-0.3, -0.25) is 0 Å². The fourth-order valence-corrected chi connectivity index (χ4v) is 2.63. The predicted molar refractivity (Wildman–Crippen MR) is 69.5 cm³/mol. The lowest BCUT2D eigenvalue weighted by atomic mass is 9.99. The monoisotopic (exact) mass is 225 g/mol. The molecule has 2 heterocycles. The maximum atomic E-state index is 5.84. The van der Waals surface area contributed by atoms with Crippen molar-refractivity contribution in [3.63, 3.8) is 0 Å².